The number of benzene rings is 3. The topological polar surface area (TPSA) is 79.0 Å². The van der Waals surface area contributed by atoms with Gasteiger partial charge < -0.3 is 4.74 Å². The number of rotatable bonds is 4. The number of imide groups is 1. The molecule has 2 aliphatic heterocycles. The molecule has 0 bridgehead atoms. The minimum atomic E-state index is -1.05. The quantitative estimate of drug-likeness (QED) is 0.521. The van der Waals surface area contributed by atoms with Crippen LogP contribution in [0, 0.1) is 12.8 Å². The van der Waals surface area contributed by atoms with E-state index in [9.17, 15) is 14.4 Å². The van der Waals surface area contributed by atoms with Gasteiger partial charge in [0, 0.05) is 10.6 Å². The molecular weight excluding hydrogens is 489 g/mol. The fraction of sp³-hybridized carbons (Fsp3) is 0.192. The summed E-state index contributed by atoms with van der Waals surface area (Å²) in [5.41, 5.74) is 5.51. The fourth-order valence-corrected chi connectivity index (χ4v) is 5.09. The molecule has 178 valence electrons. The summed E-state index contributed by atoms with van der Waals surface area (Å²) in [7, 11) is 1.56. The third-order valence-electron chi connectivity index (χ3n) is 6.38. The first-order valence-electron chi connectivity index (χ1n) is 10.9. The highest BCUT2D eigenvalue weighted by Crippen LogP contribution is 2.44. The molecule has 9 heteroatoms. The Kier molecular flexibility index (Phi) is 6.01. The molecule has 2 fully saturated rings. The summed E-state index contributed by atoms with van der Waals surface area (Å²) in [5.74, 6) is -1.58. The molecule has 2 heterocycles. The second-order valence-electron chi connectivity index (χ2n) is 8.50. The molecule has 1 N–H and O–H groups in total. The lowest BCUT2D eigenvalue weighted by atomic mass is 9.91. The average Bonchev–Trinajstić information content (AvgIpc) is 3.36. The summed E-state index contributed by atoms with van der Waals surface area (Å²) in [6.07, 6.45) is 0. The van der Waals surface area contributed by atoms with Crippen LogP contribution in [0.15, 0.2) is 66.7 Å². The van der Waals surface area contributed by atoms with Crippen LogP contribution in [-0.4, -0.2) is 35.9 Å². The first-order valence-corrected chi connectivity index (χ1v) is 11.7. The Balaban J connectivity index is 1.58. The third-order valence-corrected chi connectivity index (χ3v) is 6.92. The van der Waals surface area contributed by atoms with E-state index in [-0.39, 0.29) is 10.7 Å². The van der Waals surface area contributed by atoms with Crippen LogP contribution >= 0.6 is 23.2 Å². The molecule has 0 spiro atoms. The number of amides is 3. The maximum Gasteiger partial charge on any atom is 0.268 e. The van der Waals surface area contributed by atoms with Crippen molar-refractivity contribution in [1.82, 2.24) is 10.4 Å². The number of ether oxygens (including phenoxy) is 1. The number of fused-ring (bicyclic) bond motifs is 1. The van der Waals surface area contributed by atoms with Gasteiger partial charge in [0.25, 0.3) is 11.8 Å². The van der Waals surface area contributed by atoms with Gasteiger partial charge in [0.15, 0.2) is 0 Å². The number of carbonyl (C=O) groups excluding carboxylic acids is 3. The summed E-state index contributed by atoms with van der Waals surface area (Å²) in [6.45, 7) is 1.92. The van der Waals surface area contributed by atoms with Crippen molar-refractivity contribution < 1.29 is 19.1 Å². The van der Waals surface area contributed by atoms with Crippen LogP contribution < -0.4 is 15.1 Å². The van der Waals surface area contributed by atoms with Crippen molar-refractivity contribution in [2.45, 2.75) is 19.0 Å². The van der Waals surface area contributed by atoms with E-state index in [1.54, 1.807) is 37.4 Å². The van der Waals surface area contributed by atoms with Crippen molar-refractivity contribution in [3.63, 3.8) is 0 Å². The van der Waals surface area contributed by atoms with E-state index in [0.717, 1.165) is 16.0 Å². The van der Waals surface area contributed by atoms with Gasteiger partial charge in [-0.3, -0.25) is 19.4 Å². The predicted octanol–water partition coefficient (Wildman–Crippen LogP) is 4.57. The Morgan fingerprint density at radius 1 is 0.943 bits per heavy atom. The van der Waals surface area contributed by atoms with E-state index in [1.165, 1.54) is 17.1 Å². The van der Waals surface area contributed by atoms with Gasteiger partial charge >= 0.3 is 0 Å². The lowest BCUT2D eigenvalue weighted by Gasteiger charge is -2.25. The van der Waals surface area contributed by atoms with Crippen molar-refractivity contribution in [2.24, 2.45) is 5.92 Å². The molecule has 3 atom stereocenters. The van der Waals surface area contributed by atoms with Gasteiger partial charge in [-0.25, -0.2) is 10.3 Å². The van der Waals surface area contributed by atoms with Gasteiger partial charge in [-0.1, -0.05) is 53.0 Å². The Morgan fingerprint density at radius 3 is 2.26 bits per heavy atom. The Labute approximate surface area is 212 Å². The monoisotopic (exact) mass is 509 g/mol. The molecule has 35 heavy (non-hydrogen) atoms. The van der Waals surface area contributed by atoms with Crippen LogP contribution in [0.25, 0.3) is 0 Å². The second-order valence-corrected chi connectivity index (χ2v) is 9.34. The lowest BCUT2D eigenvalue weighted by Crippen LogP contribution is -2.48. The average molecular weight is 510 g/mol. The number of nitrogens with zero attached hydrogens (tertiary/aromatic N) is 2. The molecule has 3 aromatic carbocycles. The summed E-state index contributed by atoms with van der Waals surface area (Å²) < 4.78 is 5.24. The van der Waals surface area contributed by atoms with E-state index in [2.05, 4.69) is 5.43 Å². The van der Waals surface area contributed by atoms with Gasteiger partial charge in [0.05, 0.1) is 29.8 Å². The van der Waals surface area contributed by atoms with Crippen LogP contribution in [0.3, 0.4) is 0 Å². The number of anilines is 1. The molecule has 3 aromatic rings. The summed E-state index contributed by atoms with van der Waals surface area (Å²) >= 11 is 12.4. The molecule has 2 aliphatic rings. The van der Waals surface area contributed by atoms with Gasteiger partial charge in [0.2, 0.25) is 5.91 Å². The highest BCUT2D eigenvalue weighted by atomic mass is 35.5. The Morgan fingerprint density at radius 2 is 1.63 bits per heavy atom. The molecule has 2 saturated heterocycles. The molecular formula is C26H21Cl2N3O4. The number of methoxy groups -OCH3 is 1. The van der Waals surface area contributed by atoms with Crippen molar-refractivity contribution in [1.29, 1.82) is 0 Å². The zero-order valence-corrected chi connectivity index (χ0v) is 20.4. The van der Waals surface area contributed by atoms with Gasteiger partial charge in [-0.05, 0) is 55.0 Å². The smallest absolute Gasteiger partial charge is 0.268 e. The number of hydrogen-bond donors (Lipinski definition) is 1. The third kappa shape index (κ3) is 3.95. The van der Waals surface area contributed by atoms with Crippen molar-refractivity contribution in [2.75, 3.05) is 12.0 Å². The van der Waals surface area contributed by atoms with Gasteiger partial charge in [-0.2, -0.15) is 0 Å². The molecule has 0 aliphatic carbocycles. The van der Waals surface area contributed by atoms with Crippen LogP contribution in [0.1, 0.15) is 27.5 Å². The van der Waals surface area contributed by atoms with Gasteiger partial charge in [-0.15, -0.1) is 0 Å². The maximum atomic E-state index is 13.7. The predicted molar refractivity (Wildman–Crippen MR) is 132 cm³/mol. The van der Waals surface area contributed by atoms with E-state index in [4.69, 9.17) is 27.9 Å². The molecule has 0 radical (unpaired) electrons. The van der Waals surface area contributed by atoms with Crippen LogP contribution in [0.4, 0.5) is 5.69 Å². The van der Waals surface area contributed by atoms with Crippen LogP contribution in [0.2, 0.25) is 10.0 Å². The number of carbonyl (C=O) groups is 3. The Bertz CT molecular complexity index is 1330. The fourth-order valence-electron chi connectivity index (χ4n) is 4.60. The number of hydrazine groups is 1. The number of aryl methyl sites for hydroxylation is 1. The molecule has 5 rings (SSSR count). The first-order chi connectivity index (χ1) is 16.8. The maximum absolute atomic E-state index is 13.7. The van der Waals surface area contributed by atoms with Crippen LogP contribution in [0.5, 0.6) is 5.75 Å². The minimum Gasteiger partial charge on any atom is -0.497 e. The lowest BCUT2D eigenvalue weighted by molar-refractivity contribution is -0.123. The SMILES string of the molecule is COc1ccc([C@@H]2NN(C(=O)c3ccc(C)cc3)[C@@H]3C(=O)N(c4ccc(Cl)cc4Cl)C(=O)[C@@H]32)cc1. The standard InChI is InChI=1S/C26H21Cl2N3O4/c1-14-3-5-16(6-4-14)24(32)31-23-21(22(29-31)15-7-10-18(35-2)11-8-15)25(33)30(26(23)34)20-12-9-17(27)13-19(20)28/h3-13,21-23,29H,1-2H3/t21-,22+,23+/m1/s1. The van der Waals surface area contributed by atoms with Crippen molar-refractivity contribution in [3.05, 3.63) is 93.5 Å². The zero-order valence-electron chi connectivity index (χ0n) is 18.9. The summed E-state index contributed by atoms with van der Waals surface area (Å²) in [4.78, 5) is 41.9. The highest BCUT2D eigenvalue weighted by Gasteiger charge is 2.60. The molecule has 0 aromatic heterocycles. The molecule has 3 amide bonds. The zero-order chi connectivity index (χ0) is 24.9. The molecule has 7 nitrogen and oxygen atoms in total. The summed E-state index contributed by atoms with van der Waals surface area (Å²) in [6, 6.07) is 17.1. The normalized spacial score (nSPS) is 21.4. The van der Waals surface area contributed by atoms with Crippen molar-refractivity contribution in [3.8, 4) is 5.75 Å². The van der Waals surface area contributed by atoms with Crippen molar-refractivity contribution >= 4 is 46.6 Å². The van der Waals surface area contributed by atoms with E-state index >= 15 is 0 Å². The first kappa shape index (κ1) is 23.4. The second kappa shape index (κ2) is 9.00. The van der Waals surface area contributed by atoms with E-state index in [0.29, 0.717) is 16.3 Å². The number of hydrogen-bond acceptors (Lipinski definition) is 5. The molecule has 0 saturated carbocycles. The highest BCUT2D eigenvalue weighted by molar-refractivity contribution is 6.38. The number of nitrogens with one attached hydrogen (secondary N) is 1. The Hall–Kier alpha value is -3.39. The molecule has 0 unspecified atom stereocenters. The van der Waals surface area contributed by atoms with E-state index < -0.39 is 35.7 Å². The largest absolute Gasteiger partial charge is 0.497 e. The van der Waals surface area contributed by atoms with E-state index in [1.807, 2.05) is 31.2 Å². The summed E-state index contributed by atoms with van der Waals surface area (Å²) in [5, 5.41) is 1.82. The number of halogens is 2. The van der Waals surface area contributed by atoms with Crippen LogP contribution in [-0.2, 0) is 9.59 Å². The minimum absolute atomic E-state index is 0.171. The van der Waals surface area contributed by atoms with Gasteiger partial charge in [0.1, 0.15) is 11.8 Å².